The summed E-state index contributed by atoms with van der Waals surface area (Å²) in [5, 5.41) is 1.84. The summed E-state index contributed by atoms with van der Waals surface area (Å²) in [6, 6.07) is 30.0. The number of para-hydroxylation sites is 2. The molecule has 0 saturated heterocycles. The first-order valence-electron chi connectivity index (χ1n) is 19.1. The summed E-state index contributed by atoms with van der Waals surface area (Å²) < 4.78 is 17.4. The third kappa shape index (κ3) is 5.59. The quantitative estimate of drug-likeness (QED) is 0.160. The van der Waals surface area contributed by atoms with Gasteiger partial charge in [0.25, 0.3) is 0 Å². The zero-order valence-electron chi connectivity index (χ0n) is 30.9. The van der Waals surface area contributed by atoms with Crippen molar-refractivity contribution in [3.63, 3.8) is 0 Å². The van der Waals surface area contributed by atoms with E-state index < -0.39 is 0 Å². The molecule has 9 heteroatoms. The van der Waals surface area contributed by atoms with Gasteiger partial charge in [-0.25, -0.2) is 15.0 Å². The summed E-state index contributed by atoms with van der Waals surface area (Å²) in [6.07, 6.45) is 13.1. The van der Waals surface area contributed by atoms with Gasteiger partial charge in [0.1, 0.15) is 5.82 Å². The Bertz CT molecular complexity index is 2970. The van der Waals surface area contributed by atoms with Crippen molar-refractivity contribution in [1.82, 2.24) is 28.9 Å². The van der Waals surface area contributed by atoms with Gasteiger partial charge in [-0.1, -0.05) is 61.9 Å². The van der Waals surface area contributed by atoms with Crippen LogP contribution >= 0.6 is 0 Å². The number of fused-ring (bicyclic) bond motifs is 9. The SMILES string of the molecule is Cc1ccc2c(n1)oc1c(Oc3[c-]c4c(cc3)n3c5ccccc5nc3n4-c3cc(C)c(C)cn3)[c-]c(-c3cc4c(cn3)CC(C3CCCCC3)C4)cc12.[Pt+2]. The van der Waals surface area contributed by atoms with Crippen molar-refractivity contribution in [2.75, 3.05) is 0 Å². The molecule has 1 saturated carbocycles. The molecule has 0 N–H and O–H groups in total. The van der Waals surface area contributed by atoms with Crippen LogP contribution in [0.4, 0.5) is 0 Å². The number of benzene rings is 3. The number of pyridine rings is 3. The van der Waals surface area contributed by atoms with E-state index in [-0.39, 0.29) is 21.1 Å². The van der Waals surface area contributed by atoms with Crippen LogP contribution < -0.4 is 4.74 Å². The minimum Gasteiger partial charge on any atom is -0.499 e. The number of ether oxygens (including phenoxy) is 1. The van der Waals surface area contributed by atoms with Crippen molar-refractivity contribution in [1.29, 1.82) is 0 Å². The molecular formula is C46H38N6O2Pt. The second kappa shape index (κ2) is 13.2. The van der Waals surface area contributed by atoms with Gasteiger partial charge >= 0.3 is 21.1 Å². The van der Waals surface area contributed by atoms with E-state index in [0.29, 0.717) is 22.8 Å². The number of imidazole rings is 2. The van der Waals surface area contributed by atoms with E-state index >= 15 is 0 Å². The minimum atomic E-state index is 0. The van der Waals surface area contributed by atoms with Crippen LogP contribution in [0.15, 0.2) is 83.5 Å². The molecule has 0 aliphatic heterocycles. The van der Waals surface area contributed by atoms with E-state index in [1.807, 2.05) is 43.5 Å². The summed E-state index contributed by atoms with van der Waals surface area (Å²) in [5.41, 5.74) is 12.6. The summed E-state index contributed by atoms with van der Waals surface area (Å²) in [4.78, 5) is 19.7. The molecule has 6 heterocycles. The first-order chi connectivity index (χ1) is 26.4. The normalized spacial score (nSPS) is 16.1. The van der Waals surface area contributed by atoms with Crippen LogP contribution in [0.25, 0.3) is 67.0 Å². The monoisotopic (exact) mass is 901 g/mol. The third-order valence-electron chi connectivity index (χ3n) is 12.0. The predicted molar refractivity (Wildman–Crippen MR) is 212 cm³/mol. The largest absolute Gasteiger partial charge is 2.00 e. The molecule has 0 radical (unpaired) electrons. The molecule has 1 fully saturated rings. The van der Waals surface area contributed by atoms with Crippen molar-refractivity contribution in [3.8, 4) is 28.6 Å². The van der Waals surface area contributed by atoms with Gasteiger partial charge in [0.2, 0.25) is 11.5 Å². The van der Waals surface area contributed by atoms with Crippen molar-refractivity contribution in [2.24, 2.45) is 11.8 Å². The van der Waals surface area contributed by atoms with Crippen LogP contribution in [0.3, 0.4) is 0 Å². The van der Waals surface area contributed by atoms with Gasteiger partial charge < -0.3 is 18.5 Å². The molecule has 274 valence electrons. The van der Waals surface area contributed by atoms with Gasteiger partial charge in [0, 0.05) is 29.2 Å². The molecule has 3 aromatic carbocycles. The maximum absolute atomic E-state index is 6.78. The molecular weight excluding hydrogens is 864 g/mol. The maximum atomic E-state index is 6.78. The van der Waals surface area contributed by atoms with E-state index in [1.54, 1.807) is 0 Å². The molecule has 11 rings (SSSR count). The second-order valence-electron chi connectivity index (χ2n) is 15.4. The third-order valence-corrected chi connectivity index (χ3v) is 12.0. The molecule has 0 bridgehead atoms. The first kappa shape index (κ1) is 34.2. The smallest absolute Gasteiger partial charge is 0.499 e. The molecule has 2 aliphatic rings. The number of nitrogens with zero attached hydrogens (tertiary/aromatic N) is 6. The number of hydrogen-bond acceptors (Lipinski definition) is 6. The molecule has 2 aliphatic carbocycles. The number of furan rings is 1. The zero-order chi connectivity index (χ0) is 36.1. The number of hydrogen-bond donors (Lipinski definition) is 0. The van der Waals surface area contributed by atoms with E-state index in [4.69, 9.17) is 29.1 Å². The van der Waals surface area contributed by atoms with Gasteiger partial charge in [-0.3, -0.25) is 4.57 Å². The Hall–Kier alpha value is -5.33. The summed E-state index contributed by atoms with van der Waals surface area (Å²) in [6.45, 7) is 6.15. The van der Waals surface area contributed by atoms with Crippen LogP contribution in [0.1, 0.15) is 60.1 Å². The van der Waals surface area contributed by atoms with Crippen LogP contribution in [0, 0.1) is 44.7 Å². The molecule has 55 heavy (non-hydrogen) atoms. The standard InChI is InChI=1S/C46H38N6O2.Pt/c1-26-17-43(48-24-27(26)2)52-41-23-34(14-16-40(41)51-39-12-8-7-11-37(39)50-46(51)52)53-42-22-32(20-36-35-15-13-28(3)49-45(35)54-44(36)42)38-21-31-18-30(19-33(31)25-47-38)29-9-5-4-6-10-29;/h7-8,11-17,20-21,24-25,29-30H,4-6,9-10,18-19H2,1-3H3;/q-2;+2. The Morgan fingerprint density at radius 1 is 0.764 bits per heavy atom. The Kier molecular flexibility index (Phi) is 8.18. The molecule has 0 amide bonds. The van der Waals surface area contributed by atoms with Gasteiger partial charge in [-0.15, -0.1) is 29.8 Å². The first-order valence-corrected chi connectivity index (χ1v) is 19.1. The molecule has 8 nitrogen and oxygen atoms in total. The second-order valence-corrected chi connectivity index (χ2v) is 15.4. The van der Waals surface area contributed by atoms with E-state index in [9.17, 15) is 0 Å². The number of rotatable bonds is 5. The minimum absolute atomic E-state index is 0. The van der Waals surface area contributed by atoms with Gasteiger partial charge in [-0.2, -0.15) is 0 Å². The van der Waals surface area contributed by atoms with E-state index in [0.717, 1.165) is 97.2 Å². The molecule has 9 aromatic rings. The van der Waals surface area contributed by atoms with Crippen molar-refractivity contribution in [3.05, 3.63) is 119 Å². The van der Waals surface area contributed by atoms with Crippen LogP contribution in [-0.2, 0) is 33.9 Å². The van der Waals surface area contributed by atoms with Crippen molar-refractivity contribution in [2.45, 2.75) is 65.7 Å². The summed E-state index contributed by atoms with van der Waals surface area (Å²) in [5.74, 6) is 4.07. The Morgan fingerprint density at radius 2 is 1.62 bits per heavy atom. The van der Waals surface area contributed by atoms with Gasteiger partial charge in [0.15, 0.2) is 0 Å². The van der Waals surface area contributed by atoms with Crippen LogP contribution in [0.5, 0.6) is 11.5 Å². The Balaban J connectivity index is 0.00000372. The molecule has 1 atom stereocenters. The fraction of sp³-hybridized carbons (Fsp3) is 0.261. The molecule has 1 unspecified atom stereocenters. The zero-order valence-corrected chi connectivity index (χ0v) is 33.2. The fourth-order valence-corrected chi connectivity index (χ4v) is 9.02. The fourth-order valence-electron chi connectivity index (χ4n) is 9.02. The summed E-state index contributed by atoms with van der Waals surface area (Å²) in [7, 11) is 0. The molecule has 6 aromatic heterocycles. The molecule has 0 spiro atoms. The van der Waals surface area contributed by atoms with Crippen molar-refractivity contribution >= 4 is 49.9 Å². The van der Waals surface area contributed by atoms with Gasteiger partial charge in [0.05, 0.1) is 22.4 Å². The number of aromatic nitrogens is 6. The topological polar surface area (TPSA) is 83.3 Å². The number of aryl methyl sites for hydroxylation is 3. The van der Waals surface area contributed by atoms with E-state index in [1.165, 1.54) is 43.2 Å². The van der Waals surface area contributed by atoms with Crippen molar-refractivity contribution < 1.29 is 30.2 Å². The van der Waals surface area contributed by atoms with E-state index in [2.05, 4.69) is 77.5 Å². The summed E-state index contributed by atoms with van der Waals surface area (Å²) >= 11 is 0. The van der Waals surface area contributed by atoms with Crippen LogP contribution in [-0.4, -0.2) is 28.9 Å². The van der Waals surface area contributed by atoms with Gasteiger partial charge in [-0.05, 0) is 115 Å². The van der Waals surface area contributed by atoms with Crippen LogP contribution in [0.2, 0.25) is 0 Å². The average molecular weight is 902 g/mol. The Morgan fingerprint density at radius 3 is 2.49 bits per heavy atom. The average Bonchev–Trinajstić information content (AvgIpc) is 3.95. The maximum Gasteiger partial charge on any atom is 2.00 e. The predicted octanol–water partition coefficient (Wildman–Crippen LogP) is 10.8. The Labute approximate surface area is 332 Å².